The van der Waals surface area contributed by atoms with Crippen LogP contribution in [-0.2, 0) is 6.42 Å². The lowest BCUT2D eigenvalue weighted by molar-refractivity contribution is 0.589. The number of halogens is 2. The lowest BCUT2D eigenvalue weighted by Crippen LogP contribution is -2.20. The van der Waals surface area contributed by atoms with Crippen LogP contribution in [0, 0.1) is 6.92 Å². The van der Waals surface area contributed by atoms with Gasteiger partial charge in [-0.2, -0.15) is 0 Å². The van der Waals surface area contributed by atoms with Crippen LogP contribution in [0.15, 0.2) is 36.7 Å². The predicted octanol–water partition coefficient (Wildman–Crippen LogP) is 4.20. The second-order valence-corrected chi connectivity index (χ2v) is 5.36. The van der Waals surface area contributed by atoms with Crippen LogP contribution in [0.2, 0.25) is 10.0 Å². The molecule has 0 saturated carbocycles. The van der Waals surface area contributed by atoms with Crippen molar-refractivity contribution >= 4 is 23.2 Å². The van der Waals surface area contributed by atoms with Crippen molar-refractivity contribution in [1.29, 1.82) is 0 Å². The first-order chi connectivity index (χ1) is 9.11. The second-order valence-electron chi connectivity index (χ2n) is 4.51. The van der Waals surface area contributed by atoms with Gasteiger partial charge in [-0.05, 0) is 55.3 Å². The van der Waals surface area contributed by atoms with Gasteiger partial charge in [-0.25, -0.2) is 0 Å². The lowest BCUT2D eigenvalue weighted by Gasteiger charge is -2.19. The van der Waals surface area contributed by atoms with E-state index in [1.54, 1.807) is 12.4 Å². The Hall–Kier alpha value is -1.09. The highest BCUT2D eigenvalue weighted by molar-refractivity contribution is 6.31. The molecule has 0 amide bonds. The van der Waals surface area contributed by atoms with E-state index in [0.717, 1.165) is 17.0 Å². The third-order valence-electron chi connectivity index (χ3n) is 3.24. The molecule has 1 N–H and O–H groups in total. The van der Waals surface area contributed by atoms with Gasteiger partial charge < -0.3 is 5.32 Å². The molecule has 0 bridgehead atoms. The minimum atomic E-state index is 0.206. The molecule has 0 aliphatic rings. The topological polar surface area (TPSA) is 24.9 Å². The summed E-state index contributed by atoms with van der Waals surface area (Å²) in [6.45, 7) is 2.07. The molecule has 0 aliphatic heterocycles. The zero-order valence-corrected chi connectivity index (χ0v) is 12.5. The molecule has 2 nitrogen and oxygen atoms in total. The van der Waals surface area contributed by atoms with Gasteiger partial charge in [0.1, 0.15) is 0 Å². The molecule has 1 aromatic heterocycles. The monoisotopic (exact) mass is 294 g/mol. The Morgan fingerprint density at radius 1 is 1.26 bits per heavy atom. The van der Waals surface area contributed by atoms with Crippen LogP contribution in [0.25, 0.3) is 0 Å². The maximum absolute atomic E-state index is 6.17. The molecule has 2 aromatic rings. The Kier molecular flexibility index (Phi) is 4.81. The summed E-state index contributed by atoms with van der Waals surface area (Å²) in [4.78, 5) is 4.01. The zero-order valence-electron chi connectivity index (χ0n) is 11.0. The molecular formula is C15H16Cl2N2. The Balaban J connectivity index is 2.28. The summed E-state index contributed by atoms with van der Waals surface area (Å²) < 4.78 is 0. The normalized spacial score (nSPS) is 12.4. The first-order valence-electron chi connectivity index (χ1n) is 6.13. The molecule has 100 valence electrons. The van der Waals surface area contributed by atoms with Gasteiger partial charge in [0.15, 0.2) is 0 Å². The van der Waals surface area contributed by atoms with E-state index in [-0.39, 0.29) is 6.04 Å². The molecule has 0 saturated heterocycles. The van der Waals surface area contributed by atoms with Crippen LogP contribution in [-0.4, -0.2) is 12.0 Å². The molecule has 1 unspecified atom stereocenters. The molecule has 19 heavy (non-hydrogen) atoms. The van der Waals surface area contributed by atoms with Crippen LogP contribution >= 0.6 is 23.2 Å². The molecule has 1 aromatic carbocycles. The van der Waals surface area contributed by atoms with E-state index in [1.165, 1.54) is 11.1 Å². The summed E-state index contributed by atoms with van der Waals surface area (Å²) in [7, 11) is 1.95. The van der Waals surface area contributed by atoms with Crippen LogP contribution < -0.4 is 5.32 Å². The predicted molar refractivity (Wildman–Crippen MR) is 80.9 cm³/mol. The Labute approximate surface area is 123 Å². The number of hydrogen-bond donors (Lipinski definition) is 1. The summed E-state index contributed by atoms with van der Waals surface area (Å²) >= 11 is 12.2. The van der Waals surface area contributed by atoms with Crippen molar-refractivity contribution in [1.82, 2.24) is 10.3 Å². The van der Waals surface area contributed by atoms with Crippen molar-refractivity contribution in [3.63, 3.8) is 0 Å². The maximum Gasteiger partial charge on any atom is 0.0622 e. The number of pyridine rings is 1. The van der Waals surface area contributed by atoms with Gasteiger partial charge in [0, 0.05) is 23.5 Å². The summed E-state index contributed by atoms with van der Waals surface area (Å²) in [5, 5.41) is 4.80. The van der Waals surface area contributed by atoms with Crippen molar-refractivity contribution in [2.45, 2.75) is 19.4 Å². The van der Waals surface area contributed by atoms with Crippen LogP contribution in [0.5, 0.6) is 0 Å². The second kappa shape index (κ2) is 6.38. The van der Waals surface area contributed by atoms with E-state index in [4.69, 9.17) is 23.2 Å². The fraction of sp³-hybridized carbons (Fsp3) is 0.267. The highest BCUT2D eigenvalue weighted by atomic mass is 35.5. The lowest BCUT2D eigenvalue weighted by atomic mass is 9.96. The first kappa shape index (κ1) is 14.3. The molecular weight excluding hydrogens is 279 g/mol. The summed E-state index contributed by atoms with van der Waals surface area (Å²) in [6.07, 6.45) is 4.27. The number of aryl methyl sites for hydroxylation is 1. The van der Waals surface area contributed by atoms with Gasteiger partial charge in [-0.3, -0.25) is 4.98 Å². The molecule has 0 aliphatic carbocycles. The molecule has 0 fully saturated rings. The number of rotatable bonds is 4. The van der Waals surface area contributed by atoms with Gasteiger partial charge >= 0.3 is 0 Å². The SMILES string of the molecule is CNC(Cc1ccncc1Cl)c1ccc(Cl)cc1C. The standard InChI is InChI=1S/C15H16Cl2N2/c1-10-7-12(16)3-4-13(10)15(18-2)8-11-5-6-19-9-14(11)17/h3-7,9,15,18H,8H2,1-2H3. The maximum atomic E-state index is 6.17. The fourth-order valence-corrected chi connectivity index (χ4v) is 2.61. The van der Waals surface area contributed by atoms with Gasteiger partial charge in [-0.15, -0.1) is 0 Å². The molecule has 4 heteroatoms. The van der Waals surface area contributed by atoms with E-state index in [9.17, 15) is 0 Å². The summed E-state index contributed by atoms with van der Waals surface area (Å²) in [6, 6.07) is 8.13. The van der Waals surface area contributed by atoms with Gasteiger partial charge in [0.05, 0.1) is 5.02 Å². The number of benzene rings is 1. The number of nitrogens with zero attached hydrogens (tertiary/aromatic N) is 1. The first-order valence-corrected chi connectivity index (χ1v) is 6.89. The van der Waals surface area contributed by atoms with Gasteiger partial charge in [0.2, 0.25) is 0 Å². The molecule has 1 atom stereocenters. The molecule has 0 spiro atoms. The zero-order chi connectivity index (χ0) is 13.8. The van der Waals surface area contributed by atoms with Crippen molar-refractivity contribution in [2.24, 2.45) is 0 Å². The van der Waals surface area contributed by atoms with E-state index in [2.05, 4.69) is 23.3 Å². The van der Waals surface area contributed by atoms with Crippen molar-refractivity contribution in [2.75, 3.05) is 7.05 Å². The molecule has 0 radical (unpaired) electrons. The average molecular weight is 295 g/mol. The molecule has 2 rings (SSSR count). The largest absolute Gasteiger partial charge is 0.313 e. The fourth-order valence-electron chi connectivity index (χ4n) is 2.19. The minimum Gasteiger partial charge on any atom is -0.313 e. The Morgan fingerprint density at radius 2 is 2.05 bits per heavy atom. The van der Waals surface area contributed by atoms with Crippen molar-refractivity contribution in [3.8, 4) is 0 Å². The smallest absolute Gasteiger partial charge is 0.0622 e. The minimum absolute atomic E-state index is 0.206. The van der Waals surface area contributed by atoms with Crippen LogP contribution in [0.1, 0.15) is 22.7 Å². The summed E-state index contributed by atoms with van der Waals surface area (Å²) in [5.41, 5.74) is 3.50. The third kappa shape index (κ3) is 3.47. The van der Waals surface area contributed by atoms with E-state index < -0.39 is 0 Å². The van der Waals surface area contributed by atoms with E-state index in [1.807, 2.05) is 25.2 Å². The van der Waals surface area contributed by atoms with Crippen LogP contribution in [0.4, 0.5) is 0 Å². The van der Waals surface area contributed by atoms with E-state index in [0.29, 0.717) is 5.02 Å². The van der Waals surface area contributed by atoms with Crippen LogP contribution in [0.3, 0.4) is 0 Å². The highest BCUT2D eigenvalue weighted by Crippen LogP contribution is 2.26. The van der Waals surface area contributed by atoms with Crippen molar-refractivity contribution < 1.29 is 0 Å². The quantitative estimate of drug-likeness (QED) is 0.914. The highest BCUT2D eigenvalue weighted by Gasteiger charge is 2.14. The van der Waals surface area contributed by atoms with Gasteiger partial charge in [0.25, 0.3) is 0 Å². The number of aromatic nitrogens is 1. The summed E-state index contributed by atoms with van der Waals surface area (Å²) in [5.74, 6) is 0. The Morgan fingerprint density at radius 3 is 2.68 bits per heavy atom. The van der Waals surface area contributed by atoms with Crippen molar-refractivity contribution in [3.05, 3.63) is 63.4 Å². The average Bonchev–Trinajstić information content (AvgIpc) is 2.39. The Bertz CT molecular complexity index is 570. The van der Waals surface area contributed by atoms with Gasteiger partial charge in [-0.1, -0.05) is 29.3 Å². The number of likely N-dealkylation sites (N-methyl/N-ethyl adjacent to an activating group) is 1. The van der Waals surface area contributed by atoms with E-state index >= 15 is 0 Å². The number of nitrogens with one attached hydrogen (secondary N) is 1. The molecule has 1 heterocycles. The third-order valence-corrected chi connectivity index (χ3v) is 3.81. The number of hydrogen-bond acceptors (Lipinski definition) is 2.